The van der Waals surface area contributed by atoms with E-state index in [0.717, 1.165) is 24.0 Å². The second-order valence-electron chi connectivity index (χ2n) is 7.33. The monoisotopic (exact) mass is 412 g/mol. The maximum Gasteiger partial charge on any atom is 0.233 e. The van der Waals surface area contributed by atoms with Crippen LogP contribution >= 0.6 is 23.2 Å². The van der Waals surface area contributed by atoms with Gasteiger partial charge in [0, 0.05) is 16.0 Å². The van der Waals surface area contributed by atoms with Gasteiger partial charge in [-0.2, -0.15) is 10.1 Å². The minimum atomic E-state index is -0.150. The highest BCUT2D eigenvalue weighted by molar-refractivity contribution is 6.31. The Bertz CT molecular complexity index is 1030. The van der Waals surface area contributed by atoms with E-state index < -0.39 is 0 Å². The molecule has 2 aliphatic rings. The topological polar surface area (TPSA) is 51.0 Å². The lowest BCUT2D eigenvalue weighted by atomic mass is 9.91. The fourth-order valence-corrected chi connectivity index (χ4v) is 4.33. The molecule has 2 heterocycles. The van der Waals surface area contributed by atoms with E-state index in [0.29, 0.717) is 22.4 Å². The Morgan fingerprint density at radius 1 is 1.00 bits per heavy atom. The number of anilines is 1. The van der Waals surface area contributed by atoms with Gasteiger partial charge in [-0.05, 0) is 48.6 Å². The summed E-state index contributed by atoms with van der Waals surface area (Å²) in [6.07, 6.45) is 4.05. The number of hydrogen-bond acceptors (Lipinski definition) is 3. The van der Waals surface area contributed by atoms with Crippen molar-refractivity contribution in [2.45, 2.75) is 31.3 Å². The van der Waals surface area contributed by atoms with Gasteiger partial charge in [0.1, 0.15) is 6.33 Å². The predicted octanol–water partition coefficient (Wildman–Crippen LogP) is 5.06. The number of rotatable bonds is 3. The molecule has 1 aliphatic heterocycles. The molecule has 1 aliphatic carbocycles. The second kappa shape index (κ2) is 6.90. The molecule has 0 N–H and O–H groups in total. The van der Waals surface area contributed by atoms with Crippen LogP contribution in [-0.4, -0.2) is 20.7 Å². The number of carbonyl (C=O) groups excluding carboxylic acids is 1. The lowest BCUT2D eigenvalue weighted by Crippen LogP contribution is -2.43. The first-order valence-corrected chi connectivity index (χ1v) is 10.1. The van der Waals surface area contributed by atoms with Gasteiger partial charge < -0.3 is 0 Å². The third kappa shape index (κ3) is 2.99. The van der Waals surface area contributed by atoms with Gasteiger partial charge in [-0.1, -0.05) is 53.5 Å². The van der Waals surface area contributed by atoms with Crippen LogP contribution in [0.1, 0.15) is 42.5 Å². The summed E-state index contributed by atoms with van der Waals surface area (Å²) in [5, 5.41) is 5.80. The van der Waals surface area contributed by atoms with Crippen LogP contribution in [0.4, 0.5) is 5.95 Å². The summed E-state index contributed by atoms with van der Waals surface area (Å²) in [4.78, 5) is 19.5. The molecule has 0 bridgehead atoms. The average molecular weight is 413 g/mol. The van der Waals surface area contributed by atoms with Crippen LogP contribution in [0.3, 0.4) is 0 Å². The lowest BCUT2D eigenvalue weighted by Gasteiger charge is -2.39. The normalized spacial score (nSPS) is 21.4. The molecule has 7 heteroatoms. The predicted molar refractivity (Wildman–Crippen MR) is 109 cm³/mol. The van der Waals surface area contributed by atoms with Crippen LogP contribution in [0.2, 0.25) is 10.0 Å². The van der Waals surface area contributed by atoms with E-state index in [1.165, 1.54) is 6.33 Å². The molecule has 1 aromatic heterocycles. The first-order valence-electron chi connectivity index (χ1n) is 9.36. The van der Waals surface area contributed by atoms with Gasteiger partial charge in [0.2, 0.25) is 11.9 Å². The van der Waals surface area contributed by atoms with Crippen molar-refractivity contribution in [3.63, 3.8) is 0 Å². The Morgan fingerprint density at radius 3 is 2.46 bits per heavy atom. The van der Waals surface area contributed by atoms with Crippen LogP contribution in [0, 0.1) is 5.92 Å². The van der Waals surface area contributed by atoms with Crippen molar-refractivity contribution in [2.75, 3.05) is 4.90 Å². The summed E-state index contributed by atoms with van der Waals surface area (Å²) in [7, 11) is 0. The van der Waals surface area contributed by atoms with Crippen LogP contribution in [0.5, 0.6) is 0 Å². The third-order valence-electron chi connectivity index (χ3n) is 5.51. The average Bonchev–Trinajstić information content (AvgIpc) is 3.44. The molecule has 3 aromatic rings. The van der Waals surface area contributed by atoms with E-state index >= 15 is 0 Å². The summed E-state index contributed by atoms with van der Waals surface area (Å²) in [6, 6.07) is 15.2. The number of carbonyl (C=O) groups is 1. The number of amides is 1. The molecular weight excluding hydrogens is 395 g/mol. The summed E-state index contributed by atoms with van der Waals surface area (Å²) in [5.74, 6) is 0.775. The first kappa shape index (κ1) is 17.7. The molecule has 0 spiro atoms. The Hall–Kier alpha value is -2.37. The van der Waals surface area contributed by atoms with Crippen LogP contribution in [0.15, 0.2) is 54.9 Å². The van der Waals surface area contributed by atoms with Gasteiger partial charge in [-0.15, -0.1) is 0 Å². The summed E-state index contributed by atoms with van der Waals surface area (Å²) >= 11 is 12.6. The highest BCUT2D eigenvalue weighted by Gasteiger charge is 2.44. The molecule has 0 unspecified atom stereocenters. The third-order valence-corrected chi connectivity index (χ3v) is 6.10. The fraction of sp³-hybridized carbons (Fsp3) is 0.286. The Morgan fingerprint density at radius 2 is 1.75 bits per heavy atom. The molecule has 0 saturated heterocycles. The smallest absolute Gasteiger partial charge is 0.233 e. The zero-order valence-corrected chi connectivity index (χ0v) is 16.5. The largest absolute Gasteiger partial charge is 0.274 e. The van der Waals surface area contributed by atoms with Gasteiger partial charge >= 0.3 is 0 Å². The molecule has 5 rings (SSSR count). The van der Waals surface area contributed by atoms with Crippen molar-refractivity contribution in [1.29, 1.82) is 0 Å². The number of nitrogens with zero attached hydrogens (tertiary/aromatic N) is 4. The van der Waals surface area contributed by atoms with Crippen molar-refractivity contribution in [1.82, 2.24) is 14.8 Å². The molecule has 1 saturated carbocycles. The van der Waals surface area contributed by atoms with Crippen molar-refractivity contribution >= 4 is 35.1 Å². The van der Waals surface area contributed by atoms with Crippen molar-refractivity contribution in [3.05, 3.63) is 76.0 Å². The zero-order chi connectivity index (χ0) is 19.3. The van der Waals surface area contributed by atoms with E-state index in [1.54, 1.807) is 0 Å². The van der Waals surface area contributed by atoms with Crippen molar-refractivity contribution in [2.24, 2.45) is 5.92 Å². The van der Waals surface area contributed by atoms with E-state index in [9.17, 15) is 4.79 Å². The SMILES string of the molecule is O=C(C1CC1)N1c2ncnn2[C@@H](c2ccccc2Cl)C[C@H]1c1ccc(Cl)cc1. The summed E-state index contributed by atoms with van der Waals surface area (Å²) in [5.41, 5.74) is 2.01. The lowest BCUT2D eigenvalue weighted by molar-refractivity contribution is -0.120. The van der Waals surface area contributed by atoms with Crippen LogP contribution in [0.25, 0.3) is 0 Å². The Balaban J connectivity index is 1.64. The molecule has 142 valence electrons. The minimum absolute atomic E-state index is 0.0804. The van der Waals surface area contributed by atoms with Crippen LogP contribution in [-0.2, 0) is 4.79 Å². The van der Waals surface area contributed by atoms with E-state index in [2.05, 4.69) is 10.1 Å². The maximum atomic E-state index is 13.2. The van der Waals surface area contributed by atoms with Gasteiger partial charge in [-0.25, -0.2) is 4.68 Å². The number of hydrogen-bond donors (Lipinski definition) is 0. The fourth-order valence-electron chi connectivity index (χ4n) is 3.95. The first-order chi connectivity index (χ1) is 13.6. The van der Waals surface area contributed by atoms with E-state index in [4.69, 9.17) is 23.2 Å². The van der Waals surface area contributed by atoms with Gasteiger partial charge in [0.25, 0.3) is 0 Å². The second-order valence-corrected chi connectivity index (χ2v) is 8.17. The quantitative estimate of drug-likeness (QED) is 0.603. The highest BCUT2D eigenvalue weighted by Crippen LogP contribution is 2.45. The zero-order valence-electron chi connectivity index (χ0n) is 15.0. The highest BCUT2D eigenvalue weighted by atomic mass is 35.5. The summed E-state index contributed by atoms with van der Waals surface area (Å²) < 4.78 is 1.83. The van der Waals surface area contributed by atoms with Gasteiger partial charge in [0.05, 0.1) is 12.1 Å². The molecule has 2 atom stereocenters. The maximum absolute atomic E-state index is 13.2. The van der Waals surface area contributed by atoms with E-state index in [-0.39, 0.29) is 23.9 Å². The van der Waals surface area contributed by atoms with Crippen molar-refractivity contribution < 1.29 is 4.79 Å². The number of halogens is 2. The van der Waals surface area contributed by atoms with Crippen molar-refractivity contribution in [3.8, 4) is 0 Å². The number of fused-ring (bicyclic) bond motifs is 1. The standard InChI is InChI=1S/C21H18Cl2N4O/c22-15-9-7-13(8-10-15)18-11-19(16-3-1-2-4-17(16)23)27-21(24-12-25-27)26(18)20(28)14-5-6-14/h1-4,7-10,12,14,18-19H,5-6,11H2/t18-,19+/m0/s1. The minimum Gasteiger partial charge on any atom is -0.274 e. The summed E-state index contributed by atoms with van der Waals surface area (Å²) in [6.45, 7) is 0. The molecule has 28 heavy (non-hydrogen) atoms. The molecule has 2 aromatic carbocycles. The Kier molecular flexibility index (Phi) is 4.37. The van der Waals surface area contributed by atoms with Gasteiger partial charge in [0.15, 0.2) is 0 Å². The Labute approximate surface area is 172 Å². The molecule has 0 radical (unpaired) electrons. The van der Waals surface area contributed by atoms with Crippen LogP contribution < -0.4 is 4.90 Å². The molecule has 1 fully saturated rings. The van der Waals surface area contributed by atoms with Gasteiger partial charge in [-0.3, -0.25) is 9.69 Å². The molecular formula is C21H18Cl2N4O. The molecule has 5 nitrogen and oxygen atoms in total. The molecule has 1 amide bonds. The number of benzene rings is 2. The van der Waals surface area contributed by atoms with E-state index in [1.807, 2.05) is 58.1 Å². The number of aromatic nitrogens is 3.